The van der Waals surface area contributed by atoms with Crippen molar-refractivity contribution >= 4 is 17.8 Å². The standard InChI is InChI=1S/C26H28FN5O4/c1-35-21-14-16(27)7-12-20(21)36-26(34)30(17-4-2-5-17)13-3-6-22-28-23-24(29-22)31(18-8-9-18)15-32(25(23)33)19-10-11-19/h7,12,14,17-19H,2,4-5,8-11,13,15H2,1H3,(H,28,29). The maximum absolute atomic E-state index is 13.5. The monoisotopic (exact) mass is 493 g/mol. The Hall–Kier alpha value is -3.74. The van der Waals surface area contributed by atoms with Gasteiger partial charge in [-0.1, -0.05) is 5.92 Å². The van der Waals surface area contributed by atoms with Gasteiger partial charge in [-0.2, -0.15) is 0 Å². The van der Waals surface area contributed by atoms with Gasteiger partial charge in [-0.3, -0.25) is 9.69 Å². The van der Waals surface area contributed by atoms with E-state index >= 15 is 0 Å². The van der Waals surface area contributed by atoms with Crippen LogP contribution in [0.2, 0.25) is 0 Å². The highest BCUT2D eigenvalue weighted by atomic mass is 19.1. The van der Waals surface area contributed by atoms with E-state index in [0.29, 0.717) is 36.1 Å². The first kappa shape index (κ1) is 22.7. The summed E-state index contributed by atoms with van der Waals surface area (Å²) in [5.41, 5.74) is 0.503. The number of hydrogen-bond acceptors (Lipinski definition) is 6. The summed E-state index contributed by atoms with van der Waals surface area (Å²) in [6.45, 7) is 0.736. The van der Waals surface area contributed by atoms with Crippen LogP contribution in [0.3, 0.4) is 0 Å². The summed E-state index contributed by atoms with van der Waals surface area (Å²) in [6, 6.07) is 4.54. The fourth-order valence-electron chi connectivity index (χ4n) is 4.69. The Morgan fingerprint density at radius 2 is 1.92 bits per heavy atom. The number of methoxy groups -OCH3 is 1. The van der Waals surface area contributed by atoms with Crippen LogP contribution in [0.15, 0.2) is 18.2 Å². The predicted octanol–water partition coefficient (Wildman–Crippen LogP) is 3.51. The molecule has 0 spiro atoms. The van der Waals surface area contributed by atoms with Gasteiger partial charge in [-0.15, -0.1) is 0 Å². The van der Waals surface area contributed by atoms with Crippen molar-refractivity contribution in [3.05, 3.63) is 35.5 Å². The molecule has 2 aromatic rings. The second-order valence-electron chi connectivity index (χ2n) is 9.81. The molecule has 6 rings (SSSR count). The Morgan fingerprint density at radius 3 is 2.58 bits per heavy atom. The van der Waals surface area contributed by atoms with Crippen LogP contribution in [-0.2, 0) is 0 Å². The van der Waals surface area contributed by atoms with Crippen LogP contribution in [0.25, 0.3) is 0 Å². The van der Waals surface area contributed by atoms with Crippen LogP contribution < -0.4 is 14.4 Å². The zero-order valence-electron chi connectivity index (χ0n) is 20.1. The molecule has 0 unspecified atom stereocenters. The minimum atomic E-state index is -0.562. The van der Waals surface area contributed by atoms with Crippen LogP contribution >= 0.6 is 0 Å². The quantitative estimate of drug-likeness (QED) is 0.620. The molecular weight excluding hydrogens is 465 g/mol. The summed E-state index contributed by atoms with van der Waals surface area (Å²) in [6.07, 6.45) is 6.53. The van der Waals surface area contributed by atoms with E-state index in [1.54, 1.807) is 4.90 Å². The molecule has 1 N–H and O–H groups in total. The predicted molar refractivity (Wildman–Crippen MR) is 128 cm³/mol. The molecule has 0 bridgehead atoms. The van der Waals surface area contributed by atoms with E-state index in [0.717, 1.165) is 44.9 Å². The van der Waals surface area contributed by atoms with E-state index in [-0.39, 0.29) is 30.0 Å². The van der Waals surface area contributed by atoms with Gasteiger partial charge in [0, 0.05) is 24.2 Å². The van der Waals surface area contributed by atoms with Crippen molar-refractivity contribution in [1.82, 2.24) is 19.8 Å². The van der Waals surface area contributed by atoms with Crippen molar-refractivity contribution < 1.29 is 23.5 Å². The summed E-state index contributed by atoms with van der Waals surface area (Å²) in [4.78, 5) is 39.5. The number of carbonyl (C=O) groups is 2. The highest BCUT2D eigenvalue weighted by Gasteiger charge is 2.44. The van der Waals surface area contributed by atoms with Gasteiger partial charge in [0.25, 0.3) is 5.91 Å². The summed E-state index contributed by atoms with van der Waals surface area (Å²) in [5.74, 6) is 6.94. The number of benzene rings is 1. The van der Waals surface area contributed by atoms with E-state index in [2.05, 4.69) is 26.7 Å². The molecule has 0 saturated heterocycles. The Balaban J connectivity index is 1.19. The van der Waals surface area contributed by atoms with Crippen molar-refractivity contribution in [2.75, 3.05) is 25.2 Å². The van der Waals surface area contributed by atoms with Gasteiger partial charge in [0.15, 0.2) is 23.1 Å². The second-order valence-corrected chi connectivity index (χ2v) is 9.81. The highest BCUT2D eigenvalue weighted by molar-refractivity contribution is 5.99. The van der Waals surface area contributed by atoms with Crippen LogP contribution in [0.5, 0.6) is 11.5 Å². The summed E-state index contributed by atoms with van der Waals surface area (Å²) in [5, 5.41) is 0. The molecule has 1 aromatic heterocycles. The Labute approximate surface area is 208 Å². The number of aromatic amines is 1. The number of carbonyl (C=O) groups excluding carboxylic acids is 2. The van der Waals surface area contributed by atoms with Crippen molar-refractivity contribution in [1.29, 1.82) is 0 Å². The number of rotatable bonds is 6. The first-order chi connectivity index (χ1) is 17.5. The molecule has 2 heterocycles. The first-order valence-electron chi connectivity index (χ1n) is 12.5. The number of nitrogens with one attached hydrogen (secondary N) is 1. The molecule has 2 amide bonds. The van der Waals surface area contributed by atoms with Gasteiger partial charge in [0.05, 0.1) is 20.3 Å². The SMILES string of the molecule is COc1cc(F)ccc1OC(=O)N(CC#Cc1nc2c([nH]1)C(=O)N(C1CC1)CN2C1CC1)C1CCC1. The number of anilines is 1. The normalized spacial score (nSPS) is 19.2. The molecule has 0 radical (unpaired) electrons. The molecule has 188 valence electrons. The van der Waals surface area contributed by atoms with Crippen molar-refractivity contribution in [2.45, 2.75) is 63.1 Å². The van der Waals surface area contributed by atoms with Gasteiger partial charge in [0.2, 0.25) is 0 Å². The molecule has 3 aliphatic carbocycles. The minimum Gasteiger partial charge on any atom is -0.493 e. The third-order valence-corrected chi connectivity index (χ3v) is 7.24. The maximum atomic E-state index is 13.5. The van der Waals surface area contributed by atoms with E-state index < -0.39 is 11.9 Å². The third-order valence-electron chi connectivity index (χ3n) is 7.24. The number of nitrogens with zero attached hydrogens (tertiary/aromatic N) is 4. The number of H-pyrrole nitrogens is 1. The molecule has 36 heavy (non-hydrogen) atoms. The number of amides is 2. The Bertz CT molecular complexity index is 1250. The third kappa shape index (κ3) is 4.34. The van der Waals surface area contributed by atoms with Crippen molar-refractivity contribution in [2.24, 2.45) is 0 Å². The molecule has 1 aromatic carbocycles. The van der Waals surface area contributed by atoms with Gasteiger partial charge >= 0.3 is 6.09 Å². The Kier molecular flexibility index (Phi) is 5.70. The van der Waals surface area contributed by atoms with Crippen LogP contribution in [0, 0.1) is 17.7 Å². The smallest absolute Gasteiger partial charge is 0.416 e. The minimum absolute atomic E-state index is 0.0159. The molecule has 0 atom stereocenters. The number of hydrogen-bond donors (Lipinski definition) is 1. The number of aromatic nitrogens is 2. The number of halogens is 1. The number of ether oxygens (including phenoxy) is 2. The van der Waals surface area contributed by atoms with E-state index in [1.165, 1.54) is 25.3 Å². The average molecular weight is 494 g/mol. The lowest BCUT2D eigenvalue weighted by Gasteiger charge is -2.35. The van der Waals surface area contributed by atoms with Crippen LogP contribution in [0.4, 0.5) is 15.0 Å². The molecule has 1 aliphatic heterocycles. The summed E-state index contributed by atoms with van der Waals surface area (Å²) in [7, 11) is 1.39. The van der Waals surface area contributed by atoms with E-state index in [1.807, 2.05) is 4.90 Å². The van der Waals surface area contributed by atoms with E-state index in [4.69, 9.17) is 9.47 Å². The van der Waals surface area contributed by atoms with Crippen molar-refractivity contribution in [3.63, 3.8) is 0 Å². The lowest BCUT2D eigenvalue weighted by atomic mass is 9.92. The van der Waals surface area contributed by atoms with Crippen molar-refractivity contribution in [3.8, 4) is 23.3 Å². The first-order valence-corrected chi connectivity index (χ1v) is 12.5. The maximum Gasteiger partial charge on any atom is 0.416 e. The van der Waals surface area contributed by atoms with Gasteiger partial charge in [-0.05, 0) is 63.0 Å². The Morgan fingerprint density at radius 1 is 1.17 bits per heavy atom. The fourth-order valence-corrected chi connectivity index (χ4v) is 4.69. The molecule has 3 fully saturated rings. The molecule has 3 saturated carbocycles. The highest BCUT2D eigenvalue weighted by Crippen LogP contribution is 2.39. The molecular formula is C26H28FN5O4. The fraction of sp³-hybridized carbons (Fsp3) is 0.500. The lowest BCUT2D eigenvalue weighted by molar-refractivity contribution is 0.0721. The van der Waals surface area contributed by atoms with E-state index in [9.17, 15) is 14.0 Å². The lowest BCUT2D eigenvalue weighted by Crippen LogP contribution is -2.48. The summed E-state index contributed by atoms with van der Waals surface area (Å²) >= 11 is 0. The number of imidazole rings is 1. The van der Waals surface area contributed by atoms with Gasteiger partial charge < -0.3 is 24.3 Å². The zero-order chi connectivity index (χ0) is 24.8. The van der Waals surface area contributed by atoms with Crippen LogP contribution in [0.1, 0.15) is 61.3 Å². The summed E-state index contributed by atoms with van der Waals surface area (Å²) < 4.78 is 24.2. The average Bonchev–Trinajstić information content (AvgIpc) is 3.76. The zero-order valence-corrected chi connectivity index (χ0v) is 20.1. The molecule has 10 heteroatoms. The topological polar surface area (TPSA) is 91.0 Å². The largest absolute Gasteiger partial charge is 0.493 e. The molecule has 9 nitrogen and oxygen atoms in total. The van der Waals surface area contributed by atoms with Gasteiger partial charge in [0.1, 0.15) is 11.5 Å². The number of fused-ring (bicyclic) bond motifs is 1. The molecule has 4 aliphatic rings. The second kappa shape index (κ2) is 9.04. The van der Waals surface area contributed by atoms with Crippen LogP contribution in [-0.4, -0.2) is 70.2 Å². The van der Waals surface area contributed by atoms with Gasteiger partial charge in [-0.25, -0.2) is 14.2 Å².